The molecule has 154 valence electrons. The van der Waals surface area contributed by atoms with Crippen LogP contribution in [0.2, 0.25) is 0 Å². The van der Waals surface area contributed by atoms with Gasteiger partial charge in [0.05, 0.1) is 21.2 Å². The Morgan fingerprint density at radius 1 is 1.00 bits per heavy atom. The van der Waals surface area contributed by atoms with E-state index in [0.29, 0.717) is 23.1 Å². The molecule has 0 unspecified atom stereocenters. The molecule has 3 aromatic rings. The monoisotopic (exact) mass is 450 g/mol. The van der Waals surface area contributed by atoms with Gasteiger partial charge >= 0.3 is 29.6 Å². The number of hydrogen-bond donors (Lipinski definition) is 2. The van der Waals surface area contributed by atoms with Crippen LogP contribution in [0.4, 0.5) is 28.4 Å². The van der Waals surface area contributed by atoms with Crippen LogP contribution in [0.25, 0.3) is 0 Å². The third-order valence-corrected chi connectivity index (χ3v) is 4.89. The van der Waals surface area contributed by atoms with Crippen molar-refractivity contribution in [3.05, 3.63) is 76.3 Å². The van der Waals surface area contributed by atoms with Gasteiger partial charge < -0.3 is 15.0 Å². The number of azo groups is 1. The number of benzene rings is 3. The first-order chi connectivity index (χ1) is 14.1. The van der Waals surface area contributed by atoms with Gasteiger partial charge in [0.2, 0.25) is 0 Å². The first-order valence-electron chi connectivity index (χ1n) is 8.46. The van der Waals surface area contributed by atoms with Crippen LogP contribution >= 0.6 is 0 Å². The van der Waals surface area contributed by atoms with Gasteiger partial charge in [0.1, 0.15) is 21.6 Å². The van der Waals surface area contributed by atoms with Crippen molar-refractivity contribution in [2.75, 3.05) is 5.32 Å². The number of anilines is 2. The van der Waals surface area contributed by atoms with E-state index < -0.39 is 25.6 Å². The molecule has 3 rings (SSSR count). The standard InChI is InChI=1S/C19H16N4O6S.Na/c1-12-10-15(24)6-8-17(12)22-21-14-4-2-13(3-5-14)20-18-9-7-16(30(27,28)29)11-19(18)23(25)26;/h2-11,20,24H,1H3,(H,27,28,29);/q;+1/p-1. The first-order valence-corrected chi connectivity index (χ1v) is 9.87. The topological polar surface area (TPSA) is 157 Å². The number of aryl methyl sites for hydroxylation is 1. The minimum Gasteiger partial charge on any atom is -0.744 e. The molecule has 0 aliphatic heterocycles. The van der Waals surface area contributed by atoms with E-state index in [-0.39, 0.29) is 41.0 Å². The van der Waals surface area contributed by atoms with Crippen LogP contribution < -0.4 is 34.9 Å². The van der Waals surface area contributed by atoms with Gasteiger partial charge in [-0.1, -0.05) is 0 Å². The largest absolute Gasteiger partial charge is 1.00 e. The molecular weight excluding hydrogens is 435 g/mol. The summed E-state index contributed by atoms with van der Waals surface area (Å²) in [4.78, 5) is 9.78. The Balaban J connectivity index is 0.00000341. The molecule has 3 aromatic carbocycles. The molecule has 0 saturated heterocycles. The molecule has 0 saturated carbocycles. The molecule has 0 aliphatic rings. The fourth-order valence-electron chi connectivity index (χ4n) is 2.55. The van der Waals surface area contributed by atoms with E-state index >= 15 is 0 Å². The molecule has 0 atom stereocenters. The fourth-order valence-corrected chi connectivity index (χ4v) is 3.04. The SMILES string of the molecule is Cc1cc(O)ccc1N=Nc1ccc(Nc2ccc(S(=O)(=O)[O-])cc2[N+](=O)[O-])cc1.[Na+]. The number of hydrogen-bond acceptors (Lipinski definition) is 9. The number of nitro benzene ring substituents is 1. The fraction of sp³-hybridized carbons (Fsp3) is 0.0526. The summed E-state index contributed by atoms with van der Waals surface area (Å²) < 4.78 is 33.3. The van der Waals surface area contributed by atoms with E-state index in [4.69, 9.17) is 0 Å². The van der Waals surface area contributed by atoms with Crippen molar-refractivity contribution in [3.63, 3.8) is 0 Å². The molecule has 0 radical (unpaired) electrons. The van der Waals surface area contributed by atoms with Crippen molar-refractivity contribution in [2.24, 2.45) is 10.2 Å². The van der Waals surface area contributed by atoms with Gasteiger partial charge in [-0.15, -0.1) is 0 Å². The van der Waals surface area contributed by atoms with Crippen LogP contribution in [0.3, 0.4) is 0 Å². The number of nitrogens with one attached hydrogen (secondary N) is 1. The maximum Gasteiger partial charge on any atom is 1.00 e. The van der Waals surface area contributed by atoms with Crippen LogP contribution in [-0.4, -0.2) is 23.0 Å². The van der Waals surface area contributed by atoms with Crippen molar-refractivity contribution in [3.8, 4) is 5.75 Å². The molecule has 0 fully saturated rings. The van der Waals surface area contributed by atoms with E-state index in [2.05, 4.69) is 15.5 Å². The molecule has 0 aromatic heterocycles. The summed E-state index contributed by atoms with van der Waals surface area (Å²) in [5.74, 6) is 0.136. The van der Waals surface area contributed by atoms with Crippen molar-refractivity contribution in [1.82, 2.24) is 0 Å². The zero-order valence-electron chi connectivity index (χ0n) is 16.5. The summed E-state index contributed by atoms with van der Waals surface area (Å²) in [5.41, 5.74) is 1.85. The van der Waals surface area contributed by atoms with Crippen LogP contribution in [-0.2, 0) is 10.1 Å². The third-order valence-electron chi connectivity index (χ3n) is 4.05. The average molecular weight is 450 g/mol. The second kappa shape index (κ2) is 9.98. The van der Waals surface area contributed by atoms with Crippen molar-refractivity contribution >= 4 is 38.6 Å². The predicted molar refractivity (Wildman–Crippen MR) is 108 cm³/mol. The van der Waals surface area contributed by atoms with Gasteiger partial charge in [0.15, 0.2) is 0 Å². The molecule has 0 bridgehead atoms. The minimum atomic E-state index is -4.81. The van der Waals surface area contributed by atoms with Crippen molar-refractivity contribution in [2.45, 2.75) is 11.8 Å². The maximum atomic E-state index is 11.2. The minimum absolute atomic E-state index is 0. The van der Waals surface area contributed by atoms with E-state index in [1.165, 1.54) is 6.07 Å². The van der Waals surface area contributed by atoms with Gasteiger partial charge in [-0.05, 0) is 67.1 Å². The third kappa shape index (κ3) is 6.32. The summed E-state index contributed by atoms with van der Waals surface area (Å²) in [7, 11) is -4.81. The quantitative estimate of drug-likeness (QED) is 0.190. The first kappa shape index (κ1) is 24.4. The van der Waals surface area contributed by atoms with Gasteiger partial charge in [-0.2, -0.15) is 10.2 Å². The van der Waals surface area contributed by atoms with Crippen LogP contribution in [0, 0.1) is 17.0 Å². The Morgan fingerprint density at radius 2 is 1.68 bits per heavy atom. The van der Waals surface area contributed by atoms with Crippen LogP contribution in [0.5, 0.6) is 5.75 Å². The number of phenolic OH excluding ortho intramolecular Hbond substituents is 1. The number of nitrogens with zero attached hydrogens (tertiary/aromatic N) is 3. The molecule has 2 N–H and O–H groups in total. The Bertz CT molecular complexity index is 1250. The van der Waals surface area contributed by atoms with Crippen molar-refractivity contribution < 1.29 is 52.6 Å². The zero-order valence-corrected chi connectivity index (χ0v) is 19.3. The summed E-state index contributed by atoms with van der Waals surface area (Å²) in [6.07, 6.45) is 0. The maximum absolute atomic E-state index is 11.2. The van der Waals surface area contributed by atoms with Gasteiger partial charge in [-0.3, -0.25) is 10.1 Å². The Hall–Kier alpha value is -2.83. The number of phenols is 1. The zero-order chi connectivity index (χ0) is 21.9. The smallest absolute Gasteiger partial charge is 0.744 e. The summed E-state index contributed by atoms with van der Waals surface area (Å²) in [5, 5.41) is 31.7. The van der Waals surface area contributed by atoms with Gasteiger partial charge in [0, 0.05) is 11.8 Å². The van der Waals surface area contributed by atoms with E-state index in [1.54, 1.807) is 43.3 Å². The second-order valence-corrected chi connectivity index (χ2v) is 7.61. The molecule has 0 aliphatic carbocycles. The van der Waals surface area contributed by atoms with Gasteiger partial charge in [-0.25, -0.2) is 8.42 Å². The molecule has 0 spiro atoms. The van der Waals surface area contributed by atoms with Crippen LogP contribution in [0.1, 0.15) is 5.56 Å². The van der Waals surface area contributed by atoms with Crippen LogP contribution in [0.15, 0.2) is 75.8 Å². The Kier molecular flexibility index (Phi) is 7.87. The number of aromatic hydroxyl groups is 1. The van der Waals surface area contributed by atoms with E-state index in [9.17, 15) is 28.2 Å². The molecule has 10 nitrogen and oxygen atoms in total. The molecule has 12 heteroatoms. The molecule has 0 amide bonds. The number of rotatable bonds is 6. The molecular formula is C19H15N4NaO6S. The van der Waals surface area contributed by atoms with E-state index in [0.717, 1.165) is 17.7 Å². The van der Waals surface area contributed by atoms with E-state index in [1.807, 2.05) is 0 Å². The second-order valence-electron chi connectivity index (χ2n) is 6.23. The summed E-state index contributed by atoms with van der Waals surface area (Å²) >= 11 is 0. The predicted octanol–water partition coefficient (Wildman–Crippen LogP) is 1.68. The Labute approximate surface area is 199 Å². The normalized spacial score (nSPS) is 11.2. The number of nitro groups is 1. The van der Waals surface area contributed by atoms with Crippen molar-refractivity contribution in [1.29, 1.82) is 0 Å². The molecule has 0 heterocycles. The Morgan fingerprint density at radius 3 is 2.26 bits per heavy atom. The average Bonchev–Trinajstić information content (AvgIpc) is 2.68. The summed E-state index contributed by atoms with van der Waals surface area (Å²) in [6.45, 7) is 1.79. The molecule has 31 heavy (non-hydrogen) atoms. The van der Waals surface area contributed by atoms with Gasteiger partial charge in [0.25, 0.3) is 5.69 Å². The summed E-state index contributed by atoms with van der Waals surface area (Å²) in [6, 6.07) is 14.1.